The second kappa shape index (κ2) is 7.04. The molecule has 0 saturated carbocycles. The van der Waals surface area contributed by atoms with Gasteiger partial charge >= 0.3 is 5.97 Å². The molecular weight excluding hydrogens is 188 g/mol. The minimum Gasteiger partial charge on any atom is -0.463 e. The van der Waals surface area contributed by atoms with Crippen LogP contribution < -0.4 is 0 Å². The predicted molar refractivity (Wildman–Crippen MR) is 63.6 cm³/mol. The molecule has 0 aromatic heterocycles. The summed E-state index contributed by atoms with van der Waals surface area (Å²) in [5.41, 5.74) is 3.11. The summed E-state index contributed by atoms with van der Waals surface area (Å²) in [5.74, 6) is -0.282. The molecule has 84 valence electrons. The van der Waals surface area contributed by atoms with Crippen LogP contribution >= 0.6 is 0 Å². The van der Waals surface area contributed by atoms with Gasteiger partial charge in [-0.2, -0.15) is 0 Å². The number of ether oxygens (including phenoxy) is 1. The molecule has 0 fully saturated rings. The number of carbonyl (C=O) groups excluding carboxylic acids is 1. The Labute approximate surface area is 92.3 Å². The summed E-state index contributed by atoms with van der Waals surface area (Å²) in [6.07, 6.45) is 5.52. The van der Waals surface area contributed by atoms with Crippen molar-refractivity contribution in [2.75, 3.05) is 6.61 Å². The van der Waals surface area contributed by atoms with Crippen LogP contribution in [-0.4, -0.2) is 12.6 Å². The third-order valence-corrected chi connectivity index (χ3v) is 2.26. The molecule has 0 aliphatic heterocycles. The third kappa shape index (κ3) is 4.63. The highest BCUT2D eigenvalue weighted by Crippen LogP contribution is 2.18. The van der Waals surface area contributed by atoms with E-state index in [1.54, 1.807) is 13.0 Å². The van der Waals surface area contributed by atoms with Crippen molar-refractivity contribution in [3.05, 3.63) is 34.9 Å². The Morgan fingerprint density at radius 3 is 1.93 bits per heavy atom. The first-order chi connectivity index (χ1) is 7.06. The molecule has 15 heavy (non-hydrogen) atoms. The summed E-state index contributed by atoms with van der Waals surface area (Å²) < 4.78 is 4.89. The van der Waals surface area contributed by atoms with Gasteiger partial charge in [-0.25, -0.2) is 4.79 Å². The normalized spacial score (nSPS) is 12.3. The minimum atomic E-state index is -0.282. The monoisotopic (exact) mass is 208 g/mol. The largest absolute Gasteiger partial charge is 0.463 e. The maximum absolute atomic E-state index is 11.3. The minimum absolute atomic E-state index is 0.282. The lowest BCUT2D eigenvalue weighted by molar-refractivity contribution is -0.137. The maximum atomic E-state index is 11.3. The highest BCUT2D eigenvalue weighted by molar-refractivity contribution is 5.85. The maximum Gasteiger partial charge on any atom is 0.331 e. The quantitative estimate of drug-likeness (QED) is 0.402. The fourth-order valence-electron chi connectivity index (χ4n) is 1.15. The van der Waals surface area contributed by atoms with Crippen LogP contribution in [0.5, 0.6) is 0 Å². The lowest BCUT2D eigenvalue weighted by Gasteiger charge is -2.08. The molecule has 0 unspecified atom stereocenters. The fourth-order valence-corrected chi connectivity index (χ4v) is 1.15. The van der Waals surface area contributed by atoms with Gasteiger partial charge in [-0.05, 0) is 51.3 Å². The molecule has 2 heteroatoms. The van der Waals surface area contributed by atoms with Gasteiger partial charge in [0.15, 0.2) is 0 Å². The summed E-state index contributed by atoms with van der Waals surface area (Å²) in [6, 6.07) is 0. The van der Waals surface area contributed by atoms with Crippen molar-refractivity contribution < 1.29 is 9.53 Å². The van der Waals surface area contributed by atoms with E-state index in [9.17, 15) is 4.79 Å². The Morgan fingerprint density at radius 2 is 1.60 bits per heavy atom. The molecule has 2 nitrogen and oxygen atoms in total. The lowest BCUT2D eigenvalue weighted by atomic mass is 9.99. The fraction of sp³-hybridized carbons (Fsp3) is 0.462. The van der Waals surface area contributed by atoms with E-state index in [2.05, 4.69) is 0 Å². The average molecular weight is 208 g/mol. The van der Waals surface area contributed by atoms with Gasteiger partial charge in [0.25, 0.3) is 0 Å². The molecule has 0 saturated heterocycles. The van der Waals surface area contributed by atoms with Crippen LogP contribution in [0.3, 0.4) is 0 Å². The number of rotatable bonds is 4. The van der Waals surface area contributed by atoms with E-state index in [1.807, 2.05) is 39.8 Å². The molecular formula is C13H20O2. The van der Waals surface area contributed by atoms with Crippen molar-refractivity contribution in [3.63, 3.8) is 0 Å². The number of hydrogen-bond donors (Lipinski definition) is 0. The number of hydrogen-bond acceptors (Lipinski definition) is 2. The first-order valence-corrected chi connectivity index (χ1v) is 5.21. The molecule has 0 spiro atoms. The number of carbonyl (C=O) groups is 1. The van der Waals surface area contributed by atoms with Crippen molar-refractivity contribution in [3.8, 4) is 0 Å². The summed E-state index contributed by atoms with van der Waals surface area (Å²) in [7, 11) is 0. The van der Waals surface area contributed by atoms with Gasteiger partial charge in [0, 0.05) is 6.08 Å². The first kappa shape index (κ1) is 13.7. The highest BCUT2D eigenvalue weighted by Gasteiger charge is 2.05. The molecule has 0 N–H and O–H groups in total. The number of allylic oxidation sites excluding steroid dienone is 5. The molecule has 0 radical (unpaired) electrons. The topological polar surface area (TPSA) is 26.3 Å². The standard InChI is InChI=1S/C13H20O2/c1-6-10(4)12(11(5)7-2)9-13(14)15-8-3/h6-7,9H,8H2,1-5H3/b10-6+,11-7+. The van der Waals surface area contributed by atoms with E-state index < -0.39 is 0 Å². The summed E-state index contributed by atoms with van der Waals surface area (Å²) in [5, 5.41) is 0. The summed E-state index contributed by atoms with van der Waals surface area (Å²) in [4.78, 5) is 11.3. The van der Waals surface area contributed by atoms with E-state index in [4.69, 9.17) is 4.74 Å². The van der Waals surface area contributed by atoms with Gasteiger partial charge < -0.3 is 4.74 Å². The molecule has 0 rings (SSSR count). The van der Waals surface area contributed by atoms with Crippen molar-refractivity contribution in [2.24, 2.45) is 0 Å². The van der Waals surface area contributed by atoms with E-state index in [-0.39, 0.29) is 5.97 Å². The predicted octanol–water partition coefficient (Wildman–Crippen LogP) is 3.41. The van der Waals surface area contributed by atoms with E-state index in [0.717, 1.165) is 16.7 Å². The van der Waals surface area contributed by atoms with Crippen LogP contribution in [0.1, 0.15) is 34.6 Å². The van der Waals surface area contributed by atoms with E-state index >= 15 is 0 Å². The SMILES string of the molecule is C/C=C(\C)C(=CC(=O)OCC)/C(C)=C/C. The Balaban J connectivity index is 5.03. The van der Waals surface area contributed by atoms with Gasteiger partial charge in [-0.3, -0.25) is 0 Å². The molecule has 0 amide bonds. The summed E-state index contributed by atoms with van der Waals surface area (Å²) >= 11 is 0. The van der Waals surface area contributed by atoms with Gasteiger partial charge in [-0.15, -0.1) is 0 Å². The summed E-state index contributed by atoms with van der Waals surface area (Å²) in [6.45, 7) is 10.1. The Kier molecular flexibility index (Phi) is 6.43. The van der Waals surface area contributed by atoms with Crippen LogP contribution in [0.15, 0.2) is 34.9 Å². The van der Waals surface area contributed by atoms with Gasteiger partial charge in [0.2, 0.25) is 0 Å². The first-order valence-electron chi connectivity index (χ1n) is 5.21. The molecule has 0 aliphatic carbocycles. The zero-order chi connectivity index (χ0) is 11.8. The average Bonchev–Trinajstić information content (AvgIpc) is 2.24. The Hall–Kier alpha value is -1.31. The van der Waals surface area contributed by atoms with Crippen LogP contribution in [0.2, 0.25) is 0 Å². The Bertz CT molecular complexity index is 286. The van der Waals surface area contributed by atoms with E-state index in [1.165, 1.54) is 0 Å². The van der Waals surface area contributed by atoms with Crippen LogP contribution in [0.4, 0.5) is 0 Å². The zero-order valence-electron chi connectivity index (χ0n) is 10.3. The van der Waals surface area contributed by atoms with Crippen molar-refractivity contribution >= 4 is 5.97 Å². The molecule has 0 aromatic rings. The second-order valence-electron chi connectivity index (χ2n) is 3.25. The highest BCUT2D eigenvalue weighted by atomic mass is 16.5. The van der Waals surface area contributed by atoms with Gasteiger partial charge in [0.05, 0.1) is 6.61 Å². The molecule has 0 heterocycles. The Morgan fingerprint density at radius 1 is 1.13 bits per heavy atom. The molecule has 0 aromatic carbocycles. The molecule has 0 bridgehead atoms. The van der Waals surface area contributed by atoms with Crippen LogP contribution in [0, 0.1) is 0 Å². The van der Waals surface area contributed by atoms with Crippen LogP contribution in [-0.2, 0) is 9.53 Å². The smallest absolute Gasteiger partial charge is 0.331 e. The zero-order valence-corrected chi connectivity index (χ0v) is 10.3. The third-order valence-electron chi connectivity index (χ3n) is 2.26. The van der Waals surface area contributed by atoms with Crippen molar-refractivity contribution in [1.82, 2.24) is 0 Å². The van der Waals surface area contributed by atoms with Crippen LogP contribution in [0.25, 0.3) is 0 Å². The second-order valence-corrected chi connectivity index (χ2v) is 3.25. The van der Waals surface area contributed by atoms with Crippen molar-refractivity contribution in [2.45, 2.75) is 34.6 Å². The van der Waals surface area contributed by atoms with E-state index in [0.29, 0.717) is 6.61 Å². The van der Waals surface area contributed by atoms with Gasteiger partial charge in [-0.1, -0.05) is 12.2 Å². The number of esters is 1. The lowest BCUT2D eigenvalue weighted by Crippen LogP contribution is -2.02. The van der Waals surface area contributed by atoms with Crippen molar-refractivity contribution in [1.29, 1.82) is 0 Å². The van der Waals surface area contributed by atoms with Gasteiger partial charge in [0.1, 0.15) is 0 Å². The molecule has 0 atom stereocenters. The molecule has 0 aliphatic rings.